The summed E-state index contributed by atoms with van der Waals surface area (Å²) in [5, 5.41) is 35.1. The number of hydrogen-bond donors (Lipinski definition) is 7. The summed E-state index contributed by atoms with van der Waals surface area (Å²) in [7, 11) is 0. The highest BCUT2D eigenvalue weighted by Gasteiger charge is 2.32. The second kappa shape index (κ2) is 14.0. The predicted octanol–water partition coefficient (Wildman–Crippen LogP) is -1.00. The number of nitrogens with one attached hydrogen (secondary N) is 3. The van der Waals surface area contributed by atoms with Crippen LogP contribution in [0.25, 0.3) is 0 Å². The third-order valence-corrected chi connectivity index (χ3v) is 5.26. The Morgan fingerprint density at radius 3 is 1.89 bits per heavy atom. The number of amides is 3. The molecule has 1 aromatic rings. The topological polar surface area (TPSA) is 208 Å². The summed E-state index contributed by atoms with van der Waals surface area (Å²) in [6, 6.07) is 3.42. The predicted molar refractivity (Wildman–Crippen MR) is 125 cm³/mol. The molecule has 5 atom stereocenters. The molecule has 0 bridgehead atoms. The first-order valence-electron chi connectivity index (χ1n) is 11.2. The lowest BCUT2D eigenvalue weighted by atomic mass is 10.0. The molecular weight excluding hydrogens is 460 g/mol. The van der Waals surface area contributed by atoms with E-state index in [4.69, 9.17) is 10.8 Å². The van der Waals surface area contributed by atoms with E-state index in [9.17, 15) is 34.2 Å². The van der Waals surface area contributed by atoms with E-state index in [2.05, 4.69) is 16.0 Å². The highest BCUT2D eigenvalue weighted by Crippen LogP contribution is 2.08. The van der Waals surface area contributed by atoms with Gasteiger partial charge >= 0.3 is 11.9 Å². The number of carboxylic acids is 2. The van der Waals surface area contributed by atoms with E-state index in [1.54, 1.807) is 44.2 Å². The Morgan fingerprint density at radius 1 is 0.857 bits per heavy atom. The normalized spacial score (nSPS) is 15.3. The Labute approximate surface area is 203 Å². The van der Waals surface area contributed by atoms with Gasteiger partial charge < -0.3 is 37.0 Å². The number of carbonyl (C=O) groups is 5. The van der Waals surface area contributed by atoms with Gasteiger partial charge in [-0.2, -0.15) is 0 Å². The summed E-state index contributed by atoms with van der Waals surface area (Å²) >= 11 is 0. The van der Waals surface area contributed by atoms with Crippen molar-refractivity contribution in [3.05, 3.63) is 35.9 Å². The van der Waals surface area contributed by atoms with Crippen molar-refractivity contribution < 1.29 is 39.3 Å². The van der Waals surface area contributed by atoms with E-state index in [0.717, 1.165) is 0 Å². The molecule has 1 rings (SSSR count). The number of carboxylic acid groups (broad SMARTS) is 2. The van der Waals surface area contributed by atoms with E-state index >= 15 is 0 Å². The molecule has 0 spiro atoms. The number of nitrogens with two attached hydrogens (primary N) is 1. The number of aliphatic carboxylic acids is 2. The zero-order chi connectivity index (χ0) is 26.7. The summed E-state index contributed by atoms with van der Waals surface area (Å²) in [6.45, 7) is 4.61. The fourth-order valence-corrected chi connectivity index (χ4v) is 3.08. The SMILES string of the molecule is CC(C)C(N)C(=O)NC(CCC(=O)O)C(=O)NC(Cc1ccccc1)C(=O)NC(C(=O)O)C(C)O. The molecule has 0 saturated carbocycles. The van der Waals surface area contributed by atoms with Crippen LogP contribution < -0.4 is 21.7 Å². The van der Waals surface area contributed by atoms with Crippen molar-refractivity contribution in [3.63, 3.8) is 0 Å². The summed E-state index contributed by atoms with van der Waals surface area (Å²) in [5.41, 5.74) is 6.47. The maximum atomic E-state index is 13.0. The molecule has 0 heterocycles. The number of hydrogen-bond acceptors (Lipinski definition) is 7. The number of aliphatic hydroxyl groups excluding tert-OH is 1. The van der Waals surface area contributed by atoms with Gasteiger partial charge in [-0.25, -0.2) is 4.79 Å². The van der Waals surface area contributed by atoms with Gasteiger partial charge in [-0.15, -0.1) is 0 Å². The molecule has 12 nitrogen and oxygen atoms in total. The van der Waals surface area contributed by atoms with Gasteiger partial charge in [-0.1, -0.05) is 44.2 Å². The van der Waals surface area contributed by atoms with Crippen LogP contribution in [0.5, 0.6) is 0 Å². The largest absolute Gasteiger partial charge is 0.481 e. The standard InChI is InChI=1S/C23H34N4O8/c1-12(2)18(24)22(33)25-15(9-10-17(29)30)20(31)26-16(11-14-7-5-4-6-8-14)21(32)27-19(13(3)28)23(34)35/h4-8,12-13,15-16,18-19,28H,9-11,24H2,1-3H3,(H,25,33)(H,26,31)(H,27,32)(H,29,30)(H,34,35). The van der Waals surface area contributed by atoms with Crippen LogP contribution in [0.1, 0.15) is 39.2 Å². The van der Waals surface area contributed by atoms with Crippen molar-refractivity contribution >= 4 is 29.7 Å². The Balaban J connectivity index is 3.15. The molecule has 194 valence electrons. The first kappa shape index (κ1) is 29.5. The van der Waals surface area contributed by atoms with Gasteiger partial charge in [0.15, 0.2) is 6.04 Å². The minimum absolute atomic E-state index is 0.0321. The van der Waals surface area contributed by atoms with Crippen LogP contribution in [-0.2, 0) is 30.4 Å². The third kappa shape index (κ3) is 10.1. The summed E-state index contributed by atoms with van der Waals surface area (Å²) in [5.74, 6) is -5.27. The first-order valence-corrected chi connectivity index (χ1v) is 11.2. The van der Waals surface area contributed by atoms with Crippen LogP contribution in [-0.4, -0.2) is 75.3 Å². The second-order valence-electron chi connectivity index (χ2n) is 8.58. The maximum Gasteiger partial charge on any atom is 0.328 e. The smallest absolute Gasteiger partial charge is 0.328 e. The monoisotopic (exact) mass is 494 g/mol. The van der Waals surface area contributed by atoms with Gasteiger partial charge in [0.1, 0.15) is 12.1 Å². The molecule has 12 heteroatoms. The van der Waals surface area contributed by atoms with E-state index in [1.807, 2.05) is 0 Å². The number of benzene rings is 1. The summed E-state index contributed by atoms with van der Waals surface area (Å²) < 4.78 is 0. The summed E-state index contributed by atoms with van der Waals surface area (Å²) in [4.78, 5) is 60.8. The molecule has 0 fully saturated rings. The highest BCUT2D eigenvalue weighted by atomic mass is 16.4. The van der Waals surface area contributed by atoms with Crippen molar-refractivity contribution in [2.45, 2.75) is 70.3 Å². The highest BCUT2D eigenvalue weighted by molar-refractivity contribution is 5.94. The van der Waals surface area contributed by atoms with Crippen molar-refractivity contribution in [1.29, 1.82) is 0 Å². The molecule has 5 unspecified atom stereocenters. The zero-order valence-corrected chi connectivity index (χ0v) is 19.9. The lowest BCUT2D eigenvalue weighted by molar-refractivity contribution is -0.145. The molecule has 8 N–H and O–H groups in total. The molecule has 0 aliphatic heterocycles. The van der Waals surface area contributed by atoms with Gasteiger partial charge in [0.2, 0.25) is 17.7 Å². The molecule has 1 aromatic carbocycles. The fourth-order valence-electron chi connectivity index (χ4n) is 3.08. The fraction of sp³-hybridized carbons (Fsp3) is 0.522. The Morgan fingerprint density at radius 2 is 1.40 bits per heavy atom. The third-order valence-electron chi connectivity index (χ3n) is 5.26. The average molecular weight is 495 g/mol. The van der Waals surface area contributed by atoms with Crippen molar-refractivity contribution in [1.82, 2.24) is 16.0 Å². The summed E-state index contributed by atoms with van der Waals surface area (Å²) in [6.07, 6.45) is -2.14. The van der Waals surface area contributed by atoms with Gasteiger partial charge in [0.05, 0.1) is 12.1 Å². The van der Waals surface area contributed by atoms with Gasteiger partial charge in [0, 0.05) is 12.8 Å². The van der Waals surface area contributed by atoms with Gasteiger partial charge in [-0.05, 0) is 24.8 Å². The Kier molecular flexibility index (Phi) is 11.8. The van der Waals surface area contributed by atoms with Crippen LogP contribution in [0, 0.1) is 5.92 Å². The average Bonchev–Trinajstić information content (AvgIpc) is 2.78. The van der Waals surface area contributed by atoms with Crippen molar-refractivity contribution in [2.24, 2.45) is 11.7 Å². The van der Waals surface area contributed by atoms with Gasteiger partial charge in [-0.3, -0.25) is 19.2 Å². The van der Waals surface area contributed by atoms with Crippen LogP contribution in [0.3, 0.4) is 0 Å². The van der Waals surface area contributed by atoms with Crippen LogP contribution in [0.15, 0.2) is 30.3 Å². The second-order valence-corrected chi connectivity index (χ2v) is 8.58. The lowest BCUT2D eigenvalue weighted by Gasteiger charge is -2.26. The molecular formula is C23H34N4O8. The van der Waals surface area contributed by atoms with Crippen LogP contribution >= 0.6 is 0 Å². The number of carbonyl (C=O) groups excluding carboxylic acids is 3. The number of aliphatic hydroxyl groups is 1. The van der Waals surface area contributed by atoms with Crippen LogP contribution in [0.4, 0.5) is 0 Å². The molecule has 3 amide bonds. The van der Waals surface area contributed by atoms with E-state index in [-0.39, 0.29) is 18.8 Å². The molecule has 0 aliphatic rings. The Hall–Kier alpha value is -3.51. The van der Waals surface area contributed by atoms with Gasteiger partial charge in [0.25, 0.3) is 0 Å². The maximum absolute atomic E-state index is 13.0. The van der Waals surface area contributed by atoms with Crippen molar-refractivity contribution in [3.8, 4) is 0 Å². The van der Waals surface area contributed by atoms with Crippen LogP contribution in [0.2, 0.25) is 0 Å². The van der Waals surface area contributed by atoms with Crippen molar-refractivity contribution in [2.75, 3.05) is 0 Å². The molecule has 0 aliphatic carbocycles. The van der Waals surface area contributed by atoms with E-state index < -0.39 is 66.4 Å². The molecule has 0 radical (unpaired) electrons. The van der Waals surface area contributed by atoms with E-state index in [0.29, 0.717) is 5.56 Å². The Bertz CT molecular complexity index is 891. The lowest BCUT2D eigenvalue weighted by Crippen LogP contribution is -2.59. The first-order chi connectivity index (χ1) is 16.3. The minimum Gasteiger partial charge on any atom is -0.481 e. The quantitative estimate of drug-likeness (QED) is 0.169. The molecule has 35 heavy (non-hydrogen) atoms. The number of rotatable bonds is 14. The molecule has 0 aromatic heterocycles. The molecule has 0 saturated heterocycles. The zero-order valence-electron chi connectivity index (χ0n) is 19.9. The minimum atomic E-state index is -1.62. The van der Waals surface area contributed by atoms with E-state index in [1.165, 1.54) is 6.92 Å².